The number of nitrogens with zero attached hydrogens (tertiary/aromatic N) is 4. The first-order valence-electron chi connectivity index (χ1n) is 8.43. The fourth-order valence-corrected chi connectivity index (χ4v) is 3.62. The minimum atomic E-state index is -1.07. The van der Waals surface area contributed by atoms with Crippen molar-refractivity contribution >= 4 is 23.5 Å². The van der Waals surface area contributed by atoms with E-state index in [1.54, 1.807) is 23.6 Å². The molecular formula is C17H17ClN4O5. The van der Waals surface area contributed by atoms with Gasteiger partial charge in [-0.05, 0) is 24.6 Å². The van der Waals surface area contributed by atoms with Crippen molar-refractivity contribution in [3.05, 3.63) is 34.4 Å². The van der Waals surface area contributed by atoms with E-state index in [0.717, 1.165) is 0 Å². The topological polar surface area (TPSA) is 107 Å². The summed E-state index contributed by atoms with van der Waals surface area (Å²) in [6, 6.07) is 2.36. The number of carboxylic acids is 1. The van der Waals surface area contributed by atoms with E-state index in [1.165, 1.54) is 4.90 Å². The zero-order valence-corrected chi connectivity index (χ0v) is 15.3. The van der Waals surface area contributed by atoms with Crippen LogP contribution in [-0.4, -0.2) is 55.9 Å². The Morgan fingerprint density at radius 2 is 2.07 bits per heavy atom. The van der Waals surface area contributed by atoms with Gasteiger partial charge in [0, 0.05) is 0 Å². The van der Waals surface area contributed by atoms with Crippen LogP contribution in [0.15, 0.2) is 12.1 Å². The van der Waals surface area contributed by atoms with Gasteiger partial charge in [-0.15, -0.1) is 10.2 Å². The van der Waals surface area contributed by atoms with Crippen LogP contribution in [0.1, 0.15) is 17.2 Å². The van der Waals surface area contributed by atoms with Crippen molar-refractivity contribution in [1.29, 1.82) is 0 Å². The molecule has 1 aromatic heterocycles. The van der Waals surface area contributed by atoms with E-state index in [9.17, 15) is 14.7 Å². The van der Waals surface area contributed by atoms with Crippen molar-refractivity contribution in [3.8, 4) is 11.5 Å². The predicted octanol–water partition coefficient (Wildman–Crippen LogP) is 1.05. The molecule has 2 aliphatic heterocycles. The van der Waals surface area contributed by atoms with Crippen LogP contribution in [0.3, 0.4) is 0 Å². The summed E-state index contributed by atoms with van der Waals surface area (Å²) in [7, 11) is 0. The molecule has 142 valence electrons. The third-order valence-corrected chi connectivity index (χ3v) is 4.95. The maximum absolute atomic E-state index is 12.9. The number of aliphatic carboxylic acids is 1. The lowest BCUT2D eigenvalue weighted by Gasteiger charge is -2.33. The van der Waals surface area contributed by atoms with Crippen LogP contribution in [0.4, 0.5) is 0 Å². The van der Waals surface area contributed by atoms with Gasteiger partial charge < -0.3 is 24.0 Å². The van der Waals surface area contributed by atoms with Crippen molar-refractivity contribution in [3.63, 3.8) is 0 Å². The Morgan fingerprint density at radius 1 is 1.30 bits per heavy atom. The van der Waals surface area contributed by atoms with Crippen LogP contribution in [-0.2, 0) is 29.1 Å². The molecule has 10 heteroatoms. The number of amides is 1. The van der Waals surface area contributed by atoms with E-state index >= 15 is 0 Å². The number of carbonyl (C=O) groups excluding carboxylic acids is 1. The van der Waals surface area contributed by atoms with Crippen molar-refractivity contribution in [2.24, 2.45) is 0 Å². The second-order valence-corrected chi connectivity index (χ2v) is 6.84. The maximum Gasteiger partial charge on any atom is 0.328 e. The summed E-state index contributed by atoms with van der Waals surface area (Å²) in [6.45, 7) is 2.79. The van der Waals surface area contributed by atoms with Gasteiger partial charge in [0.15, 0.2) is 17.3 Å². The molecular weight excluding hydrogens is 376 g/mol. The Labute approximate surface area is 159 Å². The Morgan fingerprint density at radius 3 is 2.85 bits per heavy atom. The van der Waals surface area contributed by atoms with E-state index in [4.69, 9.17) is 21.1 Å². The second kappa shape index (κ2) is 6.73. The first-order valence-corrected chi connectivity index (χ1v) is 8.81. The summed E-state index contributed by atoms with van der Waals surface area (Å²) in [4.78, 5) is 25.9. The number of rotatable bonds is 3. The highest BCUT2D eigenvalue weighted by Crippen LogP contribution is 2.38. The highest BCUT2D eigenvalue weighted by molar-refractivity contribution is 6.32. The van der Waals surface area contributed by atoms with E-state index in [2.05, 4.69) is 10.2 Å². The van der Waals surface area contributed by atoms with Gasteiger partial charge in [0.1, 0.15) is 25.1 Å². The molecule has 0 saturated heterocycles. The average Bonchev–Trinajstić information content (AvgIpc) is 3.01. The Hall–Kier alpha value is -2.81. The minimum Gasteiger partial charge on any atom is -0.486 e. The molecule has 0 aliphatic carbocycles. The molecule has 27 heavy (non-hydrogen) atoms. The predicted molar refractivity (Wildman–Crippen MR) is 92.9 cm³/mol. The average molecular weight is 393 g/mol. The lowest BCUT2D eigenvalue weighted by Crippen LogP contribution is -2.51. The summed E-state index contributed by atoms with van der Waals surface area (Å²) < 4.78 is 12.7. The van der Waals surface area contributed by atoms with E-state index < -0.39 is 12.0 Å². The number of aromatic nitrogens is 3. The Kier molecular flexibility index (Phi) is 4.39. The highest BCUT2D eigenvalue weighted by Gasteiger charge is 2.36. The van der Waals surface area contributed by atoms with Crippen molar-refractivity contribution < 1.29 is 24.2 Å². The normalized spacial score (nSPS) is 18.1. The van der Waals surface area contributed by atoms with Crippen molar-refractivity contribution in [2.45, 2.75) is 32.5 Å². The SMILES string of the molecule is Cc1nnc2n1CC(C(=O)O)N(C(=O)Cc1cc(Cl)c3c(c1)OCCO3)C2. The van der Waals surface area contributed by atoms with Gasteiger partial charge >= 0.3 is 5.97 Å². The largest absolute Gasteiger partial charge is 0.486 e. The standard InChI is InChI=1S/C17H17ClN4O5/c1-9-19-20-14-8-22(12(17(24)25)7-21(9)14)15(23)6-10-4-11(18)16-13(5-10)26-2-3-27-16/h4-5,12H,2-3,6-8H2,1H3,(H,24,25). The Balaban J connectivity index is 1.58. The minimum absolute atomic E-state index is 0.00669. The molecule has 2 aliphatic rings. The summed E-state index contributed by atoms with van der Waals surface area (Å²) in [5, 5.41) is 17.9. The van der Waals surface area contributed by atoms with Gasteiger partial charge in [0.25, 0.3) is 0 Å². The van der Waals surface area contributed by atoms with Crippen molar-refractivity contribution in [2.75, 3.05) is 13.2 Å². The smallest absolute Gasteiger partial charge is 0.328 e. The first-order chi connectivity index (χ1) is 12.9. The number of carbonyl (C=O) groups is 2. The third-order valence-electron chi connectivity index (χ3n) is 4.67. The lowest BCUT2D eigenvalue weighted by molar-refractivity contribution is -0.152. The molecule has 1 unspecified atom stereocenters. The number of ether oxygens (including phenoxy) is 2. The lowest BCUT2D eigenvalue weighted by atomic mass is 10.1. The molecule has 1 atom stereocenters. The summed E-state index contributed by atoms with van der Waals surface area (Å²) in [5.74, 6) is 0.745. The molecule has 1 amide bonds. The van der Waals surface area contributed by atoms with Crippen LogP contribution in [0.5, 0.6) is 11.5 Å². The fraction of sp³-hybridized carbons (Fsp3) is 0.412. The van der Waals surface area contributed by atoms with Gasteiger partial charge in [-0.3, -0.25) is 4.79 Å². The van der Waals surface area contributed by atoms with Crippen molar-refractivity contribution in [1.82, 2.24) is 19.7 Å². The van der Waals surface area contributed by atoms with Crippen LogP contribution < -0.4 is 9.47 Å². The molecule has 3 heterocycles. The van der Waals surface area contributed by atoms with Gasteiger partial charge in [-0.1, -0.05) is 11.6 Å². The summed E-state index contributed by atoms with van der Waals surface area (Å²) in [5.41, 5.74) is 0.626. The van der Waals surface area contributed by atoms with Gasteiger partial charge in [0.2, 0.25) is 5.91 Å². The summed E-state index contributed by atoms with van der Waals surface area (Å²) in [6.07, 6.45) is -0.00669. The molecule has 1 aromatic carbocycles. The molecule has 1 N–H and O–H groups in total. The Bertz CT molecular complexity index is 928. The number of halogens is 1. The van der Waals surface area contributed by atoms with Crippen LogP contribution in [0, 0.1) is 6.92 Å². The van der Waals surface area contributed by atoms with Crippen LogP contribution in [0.25, 0.3) is 0 Å². The number of aryl methyl sites for hydroxylation is 1. The monoisotopic (exact) mass is 392 g/mol. The molecule has 0 saturated carbocycles. The number of carboxylic acid groups (broad SMARTS) is 1. The molecule has 4 rings (SSSR count). The zero-order chi connectivity index (χ0) is 19.1. The molecule has 0 spiro atoms. The van der Waals surface area contributed by atoms with Gasteiger partial charge in [0.05, 0.1) is 24.5 Å². The van der Waals surface area contributed by atoms with Gasteiger partial charge in [-0.2, -0.15) is 0 Å². The molecule has 2 aromatic rings. The molecule has 0 bridgehead atoms. The third kappa shape index (κ3) is 3.18. The molecule has 0 fully saturated rings. The quantitative estimate of drug-likeness (QED) is 0.831. The summed E-state index contributed by atoms with van der Waals surface area (Å²) >= 11 is 6.22. The van der Waals surface area contributed by atoms with E-state index in [1.807, 2.05) is 0 Å². The van der Waals surface area contributed by atoms with Crippen LogP contribution >= 0.6 is 11.6 Å². The molecule has 0 radical (unpaired) electrons. The zero-order valence-electron chi connectivity index (χ0n) is 14.5. The number of hydrogen-bond acceptors (Lipinski definition) is 6. The first kappa shape index (κ1) is 17.6. The number of benzene rings is 1. The van der Waals surface area contributed by atoms with Crippen LogP contribution in [0.2, 0.25) is 5.02 Å². The number of fused-ring (bicyclic) bond motifs is 2. The van der Waals surface area contributed by atoms with Gasteiger partial charge in [-0.25, -0.2) is 4.79 Å². The maximum atomic E-state index is 12.9. The fourth-order valence-electron chi connectivity index (χ4n) is 3.33. The van der Waals surface area contributed by atoms with E-state index in [-0.39, 0.29) is 25.4 Å². The number of hydrogen-bond donors (Lipinski definition) is 1. The molecule has 9 nitrogen and oxygen atoms in total. The second-order valence-electron chi connectivity index (χ2n) is 6.43. The van der Waals surface area contributed by atoms with E-state index in [0.29, 0.717) is 46.9 Å². The highest BCUT2D eigenvalue weighted by atomic mass is 35.5.